The molecule has 2 rings (SSSR count). The second-order valence-corrected chi connectivity index (χ2v) is 4.19. The molecule has 1 aliphatic heterocycles. The smallest absolute Gasteiger partial charge is 0.149 e. The monoisotopic (exact) mass is 230 g/mol. The summed E-state index contributed by atoms with van der Waals surface area (Å²) in [6, 6.07) is 2.21. The fourth-order valence-electron chi connectivity index (χ4n) is 1.91. The van der Waals surface area contributed by atoms with Crippen LogP contribution in [0.2, 0.25) is 0 Å². The Morgan fingerprint density at radius 1 is 1.76 bits per heavy atom. The summed E-state index contributed by atoms with van der Waals surface area (Å²) in [4.78, 5) is 13.0. The molecule has 0 bridgehead atoms. The first-order valence-corrected chi connectivity index (χ1v) is 5.52. The molecular formula is C12H14N4O. The van der Waals surface area contributed by atoms with Crippen molar-refractivity contribution in [2.45, 2.75) is 19.5 Å². The molecule has 88 valence electrons. The van der Waals surface area contributed by atoms with Crippen molar-refractivity contribution in [3.8, 4) is 6.07 Å². The standard InChI is InChI=1S/C12H14N4O/c1-9(17)7-16-8-14-15-12(16)11-4-2-10(6-13)3-5-11/h2,4-5,8,10,12,15H,3,7H2,1H3. The van der Waals surface area contributed by atoms with Gasteiger partial charge in [-0.25, -0.2) is 0 Å². The van der Waals surface area contributed by atoms with Gasteiger partial charge in [0.15, 0.2) is 0 Å². The van der Waals surface area contributed by atoms with Crippen LogP contribution in [-0.4, -0.2) is 29.7 Å². The third-order valence-electron chi connectivity index (χ3n) is 2.75. The molecule has 0 saturated heterocycles. The third-order valence-corrected chi connectivity index (χ3v) is 2.75. The zero-order chi connectivity index (χ0) is 12.3. The molecule has 5 heteroatoms. The average Bonchev–Trinajstić information content (AvgIpc) is 2.76. The van der Waals surface area contributed by atoms with E-state index in [1.807, 2.05) is 23.1 Å². The van der Waals surface area contributed by atoms with E-state index in [2.05, 4.69) is 16.6 Å². The molecule has 17 heavy (non-hydrogen) atoms. The number of hydrazone groups is 1. The molecule has 0 saturated carbocycles. The number of nitriles is 1. The highest BCUT2D eigenvalue weighted by molar-refractivity contribution is 5.80. The maximum absolute atomic E-state index is 11.1. The SMILES string of the molecule is CC(=O)CN1C=NNC1C1=CCC(C#N)C=C1. The van der Waals surface area contributed by atoms with Crippen LogP contribution < -0.4 is 5.43 Å². The van der Waals surface area contributed by atoms with E-state index < -0.39 is 0 Å². The molecule has 0 spiro atoms. The van der Waals surface area contributed by atoms with Crippen LogP contribution >= 0.6 is 0 Å². The van der Waals surface area contributed by atoms with Crippen LogP contribution in [-0.2, 0) is 4.79 Å². The number of carbonyl (C=O) groups is 1. The highest BCUT2D eigenvalue weighted by Crippen LogP contribution is 2.20. The molecule has 1 N–H and O–H groups in total. The van der Waals surface area contributed by atoms with E-state index in [0.717, 1.165) is 5.57 Å². The highest BCUT2D eigenvalue weighted by Gasteiger charge is 2.24. The maximum atomic E-state index is 11.1. The minimum Gasteiger partial charge on any atom is -0.328 e. The summed E-state index contributed by atoms with van der Waals surface area (Å²) in [5, 5.41) is 12.8. The highest BCUT2D eigenvalue weighted by atomic mass is 16.1. The Kier molecular flexibility index (Phi) is 3.24. The summed E-state index contributed by atoms with van der Waals surface area (Å²) in [5.41, 5.74) is 4.01. The number of nitrogens with zero attached hydrogens (tertiary/aromatic N) is 3. The van der Waals surface area contributed by atoms with Crippen LogP contribution in [0.3, 0.4) is 0 Å². The third kappa shape index (κ3) is 2.53. The summed E-state index contributed by atoms with van der Waals surface area (Å²) in [6.07, 6.45) is 8.10. The summed E-state index contributed by atoms with van der Waals surface area (Å²) < 4.78 is 0. The Hall–Kier alpha value is -2.09. The Bertz CT molecular complexity index is 444. The minimum absolute atomic E-state index is 0.0395. The second kappa shape index (κ2) is 4.83. The predicted molar refractivity (Wildman–Crippen MR) is 63.7 cm³/mol. The number of carbonyl (C=O) groups excluding carboxylic acids is 1. The van der Waals surface area contributed by atoms with Gasteiger partial charge in [-0.1, -0.05) is 18.2 Å². The van der Waals surface area contributed by atoms with E-state index in [1.54, 1.807) is 13.3 Å². The molecule has 2 unspecified atom stereocenters. The number of hydrogen-bond acceptors (Lipinski definition) is 5. The van der Waals surface area contributed by atoms with Crippen molar-refractivity contribution in [2.75, 3.05) is 6.54 Å². The van der Waals surface area contributed by atoms with Gasteiger partial charge in [0, 0.05) is 0 Å². The van der Waals surface area contributed by atoms with Gasteiger partial charge in [0.05, 0.1) is 18.5 Å². The summed E-state index contributed by atoms with van der Waals surface area (Å²) >= 11 is 0. The Balaban J connectivity index is 2.04. The normalized spacial score (nSPS) is 26.4. The number of nitrogens with one attached hydrogen (secondary N) is 1. The first-order chi connectivity index (χ1) is 8.20. The van der Waals surface area contributed by atoms with Gasteiger partial charge in [-0.2, -0.15) is 10.4 Å². The molecule has 0 aromatic heterocycles. The molecule has 0 radical (unpaired) electrons. The molecule has 2 aliphatic rings. The predicted octanol–water partition coefficient (Wildman–Crippen LogP) is 0.776. The lowest BCUT2D eigenvalue weighted by Crippen LogP contribution is -2.40. The van der Waals surface area contributed by atoms with Crippen LogP contribution in [0.4, 0.5) is 0 Å². The van der Waals surface area contributed by atoms with Crippen LogP contribution in [0.5, 0.6) is 0 Å². The topological polar surface area (TPSA) is 68.5 Å². The quantitative estimate of drug-likeness (QED) is 0.777. The lowest BCUT2D eigenvalue weighted by Gasteiger charge is -2.25. The van der Waals surface area contributed by atoms with Gasteiger partial charge < -0.3 is 4.90 Å². The van der Waals surface area contributed by atoms with Gasteiger partial charge in [-0.3, -0.25) is 10.2 Å². The van der Waals surface area contributed by atoms with Gasteiger partial charge in [0.25, 0.3) is 0 Å². The van der Waals surface area contributed by atoms with Crippen molar-refractivity contribution in [1.82, 2.24) is 10.3 Å². The first kappa shape index (κ1) is 11.4. The molecule has 0 fully saturated rings. The zero-order valence-electron chi connectivity index (χ0n) is 9.63. The lowest BCUT2D eigenvalue weighted by atomic mass is 9.96. The van der Waals surface area contributed by atoms with E-state index in [0.29, 0.717) is 13.0 Å². The maximum Gasteiger partial charge on any atom is 0.149 e. The number of rotatable bonds is 3. The van der Waals surface area contributed by atoms with Gasteiger partial charge in [0.1, 0.15) is 18.3 Å². The van der Waals surface area contributed by atoms with E-state index >= 15 is 0 Å². The van der Waals surface area contributed by atoms with Gasteiger partial charge in [-0.15, -0.1) is 0 Å². The Morgan fingerprint density at radius 3 is 3.18 bits per heavy atom. The fourth-order valence-corrected chi connectivity index (χ4v) is 1.91. The van der Waals surface area contributed by atoms with E-state index in [1.165, 1.54) is 0 Å². The average molecular weight is 230 g/mol. The first-order valence-electron chi connectivity index (χ1n) is 5.52. The second-order valence-electron chi connectivity index (χ2n) is 4.19. The van der Waals surface area contributed by atoms with Crippen molar-refractivity contribution in [1.29, 1.82) is 5.26 Å². The molecular weight excluding hydrogens is 216 g/mol. The van der Waals surface area contributed by atoms with Crippen molar-refractivity contribution in [3.05, 3.63) is 23.8 Å². The van der Waals surface area contributed by atoms with Crippen LogP contribution in [0.15, 0.2) is 28.9 Å². The fraction of sp³-hybridized carbons (Fsp3) is 0.417. The Labute approximate surface area is 100 Å². The molecule has 5 nitrogen and oxygen atoms in total. The number of ketones is 1. The molecule has 2 atom stereocenters. The zero-order valence-corrected chi connectivity index (χ0v) is 9.63. The summed E-state index contributed by atoms with van der Waals surface area (Å²) in [5.74, 6) is 0.0581. The number of hydrogen-bond donors (Lipinski definition) is 1. The van der Waals surface area contributed by atoms with Crippen molar-refractivity contribution in [3.63, 3.8) is 0 Å². The molecule has 0 aromatic rings. The van der Waals surface area contributed by atoms with E-state index in [-0.39, 0.29) is 17.9 Å². The van der Waals surface area contributed by atoms with E-state index in [9.17, 15) is 4.79 Å². The minimum atomic E-state index is -0.0882. The van der Waals surface area contributed by atoms with Gasteiger partial charge in [0.2, 0.25) is 0 Å². The van der Waals surface area contributed by atoms with E-state index in [4.69, 9.17) is 5.26 Å². The molecule has 1 aliphatic carbocycles. The molecule has 1 heterocycles. The van der Waals surface area contributed by atoms with Gasteiger partial charge >= 0.3 is 0 Å². The number of allylic oxidation sites excluding steroid dienone is 2. The summed E-state index contributed by atoms with van der Waals surface area (Å²) in [6.45, 7) is 1.90. The largest absolute Gasteiger partial charge is 0.328 e. The van der Waals surface area contributed by atoms with Crippen LogP contribution in [0.25, 0.3) is 0 Å². The van der Waals surface area contributed by atoms with Crippen molar-refractivity contribution < 1.29 is 4.79 Å². The lowest BCUT2D eigenvalue weighted by molar-refractivity contribution is -0.117. The Morgan fingerprint density at radius 2 is 2.59 bits per heavy atom. The molecule has 0 amide bonds. The van der Waals surface area contributed by atoms with Crippen LogP contribution in [0, 0.1) is 17.2 Å². The number of Topliss-reactive ketones (excluding diaryl/α,β-unsaturated/α-hetero) is 1. The van der Waals surface area contributed by atoms with Crippen molar-refractivity contribution >= 4 is 12.1 Å². The summed E-state index contributed by atoms with van der Waals surface area (Å²) in [7, 11) is 0. The van der Waals surface area contributed by atoms with Crippen molar-refractivity contribution in [2.24, 2.45) is 11.0 Å². The molecule has 0 aromatic carbocycles. The van der Waals surface area contributed by atoms with Crippen LogP contribution in [0.1, 0.15) is 13.3 Å². The van der Waals surface area contributed by atoms with Gasteiger partial charge in [-0.05, 0) is 18.9 Å².